The summed E-state index contributed by atoms with van der Waals surface area (Å²) in [6, 6.07) is 0. The first-order valence-corrected chi connectivity index (χ1v) is 6.84. The molecule has 0 aromatic heterocycles. The molecule has 0 radical (unpaired) electrons. The molecule has 2 nitrogen and oxygen atoms in total. The molecule has 0 heterocycles. The Balaban J connectivity index is 1.95. The molecule has 1 rings (SSSR count). The van der Waals surface area contributed by atoms with E-state index in [0.717, 1.165) is 26.0 Å². The maximum atomic E-state index is 5.90. The molecule has 0 atom stereocenters. The first-order chi connectivity index (χ1) is 7.93. The van der Waals surface area contributed by atoms with E-state index in [1.807, 2.05) is 7.05 Å². The highest BCUT2D eigenvalue weighted by Gasteiger charge is 2.11. The molecule has 1 aliphatic rings. The summed E-state index contributed by atoms with van der Waals surface area (Å²) in [5, 5.41) is 3.13. The fourth-order valence-corrected chi connectivity index (χ4v) is 2.17. The fraction of sp³-hybridized carbons (Fsp3) is 0.857. The topological polar surface area (TPSA) is 21.3 Å². The third-order valence-electron chi connectivity index (χ3n) is 3.17. The molecule has 16 heavy (non-hydrogen) atoms. The van der Waals surface area contributed by atoms with Gasteiger partial charge in [0.25, 0.3) is 0 Å². The molecular formula is C14H27NO. The van der Waals surface area contributed by atoms with Gasteiger partial charge in [0.1, 0.15) is 0 Å². The minimum absolute atomic E-state index is 0.549. The van der Waals surface area contributed by atoms with Crippen molar-refractivity contribution in [3.8, 4) is 0 Å². The van der Waals surface area contributed by atoms with Gasteiger partial charge >= 0.3 is 0 Å². The van der Waals surface area contributed by atoms with Crippen molar-refractivity contribution >= 4 is 0 Å². The highest BCUT2D eigenvalue weighted by molar-refractivity contribution is 4.82. The van der Waals surface area contributed by atoms with Gasteiger partial charge in [0, 0.05) is 0 Å². The van der Waals surface area contributed by atoms with Gasteiger partial charge in [-0.05, 0) is 39.3 Å². The monoisotopic (exact) mass is 225 g/mol. The van der Waals surface area contributed by atoms with Crippen molar-refractivity contribution < 1.29 is 4.74 Å². The van der Waals surface area contributed by atoms with E-state index < -0.39 is 0 Å². The van der Waals surface area contributed by atoms with Gasteiger partial charge in [-0.25, -0.2) is 0 Å². The minimum Gasteiger partial charge on any atom is -0.378 e. The van der Waals surface area contributed by atoms with Crippen molar-refractivity contribution in [2.24, 2.45) is 0 Å². The predicted molar refractivity (Wildman–Crippen MR) is 69.7 cm³/mol. The average molecular weight is 225 g/mol. The van der Waals surface area contributed by atoms with E-state index in [0.29, 0.717) is 6.10 Å². The lowest BCUT2D eigenvalue weighted by atomic mass is 10.1. The molecule has 1 fully saturated rings. The number of rotatable bonds is 7. The molecule has 0 aromatic rings. The van der Waals surface area contributed by atoms with Crippen LogP contribution in [0.2, 0.25) is 0 Å². The molecular weight excluding hydrogens is 198 g/mol. The van der Waals surface area contributed by atoms with Gasteiger partial charge in [0.15, 0.2) is 0 Å². The lowest BCUT2D eigenvalue weighted by Gasteiger charge is -2.14. The van der Waals surface area contributed by atoms with Crippen molar-refractivity contribution in [3.63, 3.8) is 0 Å². The third-order valence-corrected chi connectivity index (χ3v) is 3.17. The van der Waals surface area contributed by atoms with E-state index in [9.17, 15) is 0 Å². The Morgan fingerprint density at radius 2 is 1.75 bits per heavy atom. The van der Waals surface area contributed by atoms with Crippen LogP contribution < -0.4 is 5.32 Å². The van der Waals surface area contributed by atoms with Crippen LogP contribution >= 0.6 is 0 Å². The van der Waals surface area contributed by atoms with Gasteiger partial charge in [-0.1, -0.05) is 37.8 Å². The fourth-order valence-electron chi connectivity index (χ4n) is 2.17. The quantitative estimate of drug-likeness (QED) is 0.408. The molecule has 94 valence electrons. The smallest absolute Gasteiger partial charge is 0.0575 e. The summed E-state index contributed by atoms with van der Waals surface area (Å²) in [6.45, 7) is 1.97. The Hall–Kier alpha value is -0.340. The summed E-state index contributed by atoms with van der Waals surface area (Å²) in [5.41, 5.74) is 0. The second-order valence-corrected chi connectivity index (χ2v) is 4.64. The number of ether oxygens (including phenoxy) is 1. The van der Waals surface area contributed by atoms with Crippen molar-refractivity contribution in [1.29, 1.82) is 0 Å². The maximum absolute atomic E-state index is 5.90. The van der Waals surface area contributed by atoms with Gasteiger partial charge in [-0.2, -0.15) is 0 Å². The molecule has 0 amide bonds. The van der Waals surface area contributed by atoms with E-state index in [1.165, 1.54) is 38.5 Å². The van der Waals surface area contributed by atoms with Gasteiger partial charge < -0.3 is 10.1 Å². The molecule has 0 aromatic carbocycles. The number of hydrogen-bond donors (Lipinski definition) is 1. The van der Waals surface area contributed by atoms with E-state index in [-0.39, 0.29) is 0 Å². The van der Waals surface area contributed by atoms with Gasteiger partial charge in [-0.15, -0.1) is 0 Å². The summed E-state index contributed by atoms with van der Waals surface area (Å²) in [5.74, 6) is 0. The Morgan fingerprint density at radius 3 is 2.44 bits per heavy atom. The number of hydrogen-bond acceptors (Lipinski definition) is 2. The molecule has 0 bridgehead atoms. The number of nitrogens with one attached hydrogen (secondary N) is 1. The first kappa shape index (κ1) is 13.7. The minimum atomic E-state index is 0.549. The lowest BCUT2D eigenvalue weighted by Crippen LogP contribution is -2.12. The van der Waals surface area contributed by atoms with Gasteiger partial charge in [-0.3, -0.25) is 0 Å². The molecule has 1 saturated carbocycles. The van der Waals surface area contributed by atoms with Crippen LogP contribution in [0, 0.1) is 0 Å². The molecule has 1 aliphatic carbocycles. The van der Waals surface area contributed by atoms with Crippen LogP contribution in [-0.4, -0.2) is 26.3 Å². The summed E-state index contributed by atoms with van der Waals surface area (Å²) < 4.78 is 5.90. The van der Waals surface area contributed by atoms with Crippen LogP contribution in [0.25, 0.3) is 0 Å². The Kier molecular flexibility index (Phi) is 8.45. The van der Waals surface area contributed by atoms with Crippen molar-refractivity contribution in [2.45, 2.75) is 57.5 Å². The molecule has 0 spiro atoms. The zero-order valence-electron chi connectivity index (χ0n) is 10.7. The summed E-state index contributed by atoms with van der Waals surface area (Å²) >= 11 is 0. The van der Waals surface area contributed by atoms with Crippen molar-refractivity contribution in [2.75, 3.05) is 20.2 Å². The molecule has 0 unspecified atom stereocenters. The van der Waals surface area contributed by atoms with E-state index in [2.05, 4.69) is 17.5 Å². The van der Waals surface area contributed by atoms with Crippen LogP contribution in [-0.2, 0) is 4.74 Å². The van der Waals surface area contributed by atoms with Crippen LogP contribution in [0.3, 0.4) is 0 Å². The van der Waals surface area contributed by atoms with Gasteiger partial charge in [0.2, 0.25) is 0 Å². The lowest BCUT2D eigenvalue weighted by molar-refractivity contribution is 0.0463. The van der Waals surface area contributed by atoms with E-state index in [1.54, 1.807) is 0 Å². The largest absolute Gasteiger partial charge is 0.378 e. The third kappa shape index (κ3) is 7.02. The normalized spacial score (nSPS) is 19.1. The second kappa shape index (κ2) is 9.86. The van der Waals surface area contributed by atoms with Crippen LogP contribution in [0.15, 0.2) is 12.2 Å². The summed E-state index contributed by atoms with van der Waals surface area (Å²) in [6.07, 6.45) is 15.3. The van der Waals surface area contributed by atoms with Crippen LogP contribution in [0.1, 0.15) is 51.4 Å². The Labute approximate surface area is 100 Å². The van der Waals surface area contributed by atoms with E-state index >= 15 is 0 Å². The molecule has 0 aliphatic heterocycles. The zero-order valence-corrected chi connectivity index (χ0v) is 10.7. The van der Waals surface area contributed by atoms with Crippen LogP contribution in [0.5, 0.6) is 0 Å². The highest BCUT2D eigenvalue weighted by atomic mass is 16.5. The van der Waals surface area contributed by atoms with Gasteiger partial charge in [0.05, 0.1) is 12.7 Å². The molecule has 0 saturated heterocycles. The Bertz CT molecular complexity index is 172. The maximum Gasteiger partial charge on any atom is 0.0575 e. The summed E-state index contributed by atoms with van der Waals surface area (Å²) in [4.78, 5) is 0. The van der Waals surface area contributed by atoms with E-state index in [4.69, 9.17) is 4.74 Å². The second-order valence-electron chi connectivity index (χ2n) is 4.64. The highest BCUT2D eigenvalue weighted by Crippen LogP contribution is 2.19. The first-order valence-electron chi connectivity index (χ1n) is 6.84. The average Bonchev–Trinajstić information content (AvgIpc) is 2.56. The standard InChI is InChI=1S/C14H27NO/c1-15-12-8-4-5-9-13-16-14-10-6-2-3-7-11-14/h4-5,14-15H,2-3,6-13H2,1H3/b5-4-. The Morgan fingerprint density at radius 1 is 1.06 bits per heavy atom. The molecule has 1 N–H and O–H groups in total. The van der Waals surface area contributed by atoms with Crippen molar-refractivity contribution in [3.05, 3.63) is 12.2 Å². The predicted octanol–water partition coefficient (Wildman–Crippen LogP) is 3.28. The van der Waals surface area contributed by atoms with Crippen molar-refractivity contribution in [1.82, 2.24) is 5.32 Å². The van der Waals surface area contributed by atoms with Crippen LogP contribution in [0.4, 0.5) is 0 Å². The summed E-state index contributed by atoms with van der Waals surface area (Å²) in [7, 11) is 1.99. The SMILES string of the molecule is CNCC/C=C\CCOC1CCCCCC1. The molecule has 2 heteroatoms. The zero-order chi connectivity index (χ0) is 11.5.